The van der Waals surface area contributed by atoms with Gasteiger partial charge >= 0.3 is 0 Å². The highest BCUT2D eigenvalue weighted by molar-refractivity contribution is 7.89. The first-order chi connectivity index (χ1) is 16.5. The van der Waals surface area contributed by atoms with Gasteiger partial charge in [0.2, 0.25) is 21.9 Å². The summed E-state index contributed by atoms with van der Waals surface area (Å²) in [6.07, 6.45) is 7.19. The molecule has 6 rings (SSSR count). The molecule has 0 N–H and O–H groups in total. The van der Waals surface area contributed by atoms with Gasteiger partial charge in [-0.25, -0.2) is 13.4 Å². The fourth-order valence-corrected chi connectivity index (χ4v) is 7.17. The minimum Gasteiger partial charge on any atom is -0.354 e. The van der Waals surface area contributed by atoms with Crippen LogP contribution in [0.25, 0.3) is 0 Å². The van der Waals surface area contributed by atoms with Gasteiger partial charge in [-0.05, 0) is 61.4 Å². The normalized spacial score (nSPS) is 21.2. The zero-order valence-corrected chi connectivity index (χ0v) is 20.1. The molecule has 4 aliphatic rings. The van der Waals surface area contributed by atoms with Crippen molar-refractivity contribution in [2.45, 2.75) is 43.4 Å². The van der Waals surface area contributed by atoms with Crippen LogP contribution >= 0.6 is 0 Å². The second-order valence-electron chi connectivity index (χ2n) is 9.54. The van der Waals surface area contributed by atoms with Gasteiger partial charge < -0.3 is 14.7 Å². The van der Waals surface area contributed by atoms with E-state index in [2.05, 4.69) is 14.8 Å². The van der Waals surface area contributed by atoms with Crippen LogP contribution in [-0.2, 0) is 27.7 Å². The molecule has 1 amide bonds. The van der Waals surface area contributed by atoms with Crippen molar-refractivity contribution in [1.29, 1.82) is 0 Å². The molecule has 4 aliphatic heterocycles. The van der Waals surface area contributed by atoms with Gasteiger partial charge in [0.05, 0.1) is 10.6 Å². The second-order valence-corrected chi connectivity index (χ2v) is 11.5. The summed E-state index contributed by atoms with van der Waals surface area (Å²) in [4.78, 5) is 28.0. The number of aromatic nitrogens is 2. The van der Waals surface area contributed by atoms with E-state index >= 15 is 0 Å². The summed E-state index contributed by atoms with van der Waals surface area (Å²) in [6.45, 7) is 4.66. The van der Waals surface area contributed by atoms with Crippen LogP contribution in [0.1, 0.15) is 36.8 Å². The Morgan fingerprint density at radius 1 is 0.794 bits per heavy atom. The molecule has 10 heteroatoms. The van der Waals surface area contributed by atoms with Crippen molar-refractivity contribution in [2.24, 2.45) is 0 Å². The molecule has 0 radical (unpaired) electrons. The summed E-state index contributed by atoms with van der Waals surface area (Å²) in [5.74, 6) is 1.78. The quantitative estimate of drug-likeness (QED) is 0.657. The standard InChI is InChI=1S/C24H30N6O3S/c31-22-5-4-18-16-20(17-19-7-11-30(22)23(18)19)34(32,33)29-14-12-27(13-15-29)21-6-8-25-24(26-21)28-9-2-1-3-10-28/h6,8,16-17H,1-5,7,9-15H2. The molecular weight excluding hydrogens is 452 g/mol. The minimum absolute atomic E-state index is 0.145. The van der Waals surface area contributed by atoms with Crippen molar-refractivity contribution in [3.63, 3.8) is 0 Å². The fraction of sp³-hybridized carbons (Fsp3) is 0.542. The van der Waals surface area contributed by atoms with Crippen LogP contribution in [0.5, 0.6) is 0 Å². The molecule has 9 nitrogen and oxygen atoms in total. The van der Waals surface area contributed by atoms with Crippen molar-refractivity contribution in [1.82, 2.24) is 14.3 Å². The summed E-state index contributed by atoms with van der Waals surface area (Å²) in [5, 5.41) is 0. The van der Waals surface area contributed by atoms with Gasteiger partial charge in [-0.2, -0.15) is 9.29 Å². The third kappa shape index (κ3) is 3.73. The number of hydrogen-bond acceptors (Lipinski definition) is 7. The highest BCUT2D eigenvalue weighted by Gasteiger charge is 2.35. The number of piperidine rings is 1. The lowest BCUT2D eigenvalue weighted by molar-refractivity contribution is -0.118. The summed E-state index contributed by atoms with van der Waals surface area (Å²) in [6, 6.07) is 5.49. The summed E-state index contributed by atoms with van der Waals surface area (Å²) in [5.41, 5.74) is 2.92. The van der Waals surface area contributed by atoms with Crippen LogP contribution in [0.3, 0.4) is 0 Å². The Bertz CT molecular complexity index is 1220. The summed E-state index contributed by atoms with van der Waals surface area (Å²) >= 11 is 0. The molecule has 1 aromatic heterocycles. The molecule has 2 aromatic rings. The Morgan fingerprint density at radius 2 is 1.53 bits per heavy atom. The Balaban J connectivity index is 1.18. The van der Waals surface area contributed by atoms with E-state index < -0.39 is 10.0 Å². The lowest BCUT2D eigenvalue weighted by Gasteiger charge is -2.35. The second kappa shape index (κ2) is 8.49. The average Bonchev–Trinajstić information content (AvgIpc) is 3.32. The van der Waals surface area contributed by atoms with Gasteiger partial charge in [0.15, 0.2) is 0 Å². The number of piperazine rings is 1. The van der Waals surface area contributed by atoms with Crippen molar-refractivity contribution in [3.8, 4) is 0 Å². The van der Waals surface area contributed by atoms with E-state index in [-0.39, 0.29) is 5.91 Å². The first kappa shape index (κ1) is 21.8. The van der Waals surface area contributed by atoms with Gasteiger partial charge in [0, 0.05) is 58.4 Å². The van der Waals surface area contributed by atoms with Crippen LogP contribution < -0.4 is 14.7 Å². The van der Waals surface area contributed by atoms with E-state index in [1.54, 1.807) is 22.6 Å². The number of sulfonamides is 1. The van der Waals surface area contributed by atoms with Gasteiger partial charge in [0.1, 0.15) is 5.82 Å². The first-order valence-electron chi connectivity index (χ1n) is 12.3. The van der Waals surface area contributed by atoms with E-state index in [0.717, 1.165) is 48.1 Å². The molecular formula is C24H30N6O3S. The largest absolute Gasteiger partial charge is 0.354 e. The van der Waals surface area contributed by atoms with E-state index in [9.17, 15) is 13.2 Å². The molecule has 5 heterocycles. The molecule has 0 unspecified atom stereocenters. The maximum Gasteiger partial charge on any atom is 0.243 e. The number of carbonyl (C=O) groups excluding carboxylic acids is 1. The van der Waals surface area contributed by atoms with Gasteiger partial charge in [-0.3, -0.25) is 4.79 Å². The van der Waals surface area contributed by atoms with Gasteiger partial charge in [-0.1, -0.05) is 0 Å². The van der Waals surface area contributed by atoms with E-state index in [4.69, 9.17) is 4.98 Å². The summed E-state index contributed by atoms with van der Waals surface area (Å²) in [7, 11) is -3.59. The zero-order valence-electron chi connectivity index (χ0n) is 19.3. The summed E-state index contributed by atoms with van der Waals surface area (Å²) < 4.78 is 28.6. The van der Waals surface area contributed by atoms with E-state index in [0.29, 0.717) is 50.5 Å². The van der Waals surface area contributed by atoms with Crippen molar-refractivity contribution >= 4 is 33.4 Å². The van der Waals surface area contributed by atoms with Crippen LogP contribution in [0.4, 0.5) is 17.5 Å². The van der Waals surface area contributed by atoms with Crippen molar-refractivity contribution < 1.29 is 13.2 Å². The molecule has 0 bridgehead atoms. The zero-order chi connectivity index (χ0) is 23.3. The SMILES string of the molecule is O=C1CCc2cc(S(=O)(=O)N3CCN(c4ccnc(N5CCCCC5)n4)CC3)cc3c2N1CC3. The smallest absolute Gasteiger partial charge is 0.243 e. The average molecular weight is 483 g/mol. The monoisotopic (exact) mass is 482 g/mol. The van der Waals surface area contributed by atoms with Crippen LogP contribution in [0, 0.1) is 0 Å². The maximum atomic E-state index is 13.5. The van der Waals surface area contributed by atoms with Crippen LogP contribution in [-0.4, -0.2) is 74.4 Å². The minimum atomic E-state index is -3.59. The predicted octanol–water partition coefficient (Wildman–Crippen LogP) is 1.81. The molecule has 0 aliphatic carbocycles. The highest BCUT2D eigenvalue weighted by atomic mass is 32.2. The number of aryl methyl sites for hydroxylation is 1. The molecule has 180 valence electrons. The Labute approximate surface area is 200 Å². The lowest BCUT2D eigenvalue weighted by atomic mass is 10.00. The predicted molar refractivity (Wildman–Crippen MR) is 130 cm³/mol. The number of carbonyl (C=O) groups is 1. The van der Waals surface area contributed by atoms with Crippen molar-refractivity contribution in [3.05, 3.63) is 35.5 Å². The Morgan fingerprint density at radius 3 is 2.29 bits per heavy atom. The molecule has 0 atom stereocenters. The fourth-order valence-electron chi connectivity index (χ4n) is 5.64. The van der Waals surface area contributed by atoms with Crippen LogP contribution in [0.15, 0.2) is 29.3 Å². The van der Waals surface area contributed by atoms with Gasteiger partial charge in [-0.15, -0.1) is 0 Å². The lowest BCUT2D eigenvalue weighted by Crippen LogP contribution is -2.49. The molecule has 2 fully saturated rings. The molecule has 34 heavy (non-hydrogen) atoms. The van der Waals surface area contributed by atoms with E-state index in [1.807, 2.05) is 11.0 Å². The van der Waals surface area contributed by atoms with E-state index in [1.165, 1.54) is 19.3 Å². The number of rotatable bonds is 4. The van der Waals surface area contributed by atoms with Crippen LogP contribution in [0.2, 0.25) is 0 Å². The third-order valence-electron chi connectivity index (χ3n) is 7.49. The third-order valence-corrected chi connectivity index (χ3v) is 9.37. The molecule has 0 saturated carbocycles. The maximum absolute atomic E-state index is 13.5. The van der Waals surface area contributed by atoms with Crippen molar-refractivity contribution in [2.75, 3.05) is 60.5 Å². The highest BCUT2D eigenvalue weighted by Crippen LogP contribution is 2.39. The molecule has 1 aromatic carbocycles. The first-order valence-corrected chi connectivity index (χ1v) is 13.7. The Hall–Kier alpha value is -2.72. The molecule has 2 saturated heterocycles. The number of hydrogen-bond donors (Lipinski definition) is 0. The number of amides is 1. The van der Waals surface area contributed by atoms with Gasteiger partial charge in [0.25, 0.3) is 0 Å². The number of anilines is 3. The number of nitrogens with zero attached hydrogens (tertiary/aromatic N) is 6. The molecule has 0 spiro atoms. The topological polar surface area (TPSA) is 90.0 Å². The Kier molecular flexibility index (Phi) is 5.44. The number of benzene rings is 1.